The molecule has 4 aliphatic rings. The molecule has 2 aliphatic carbocycles. The van der Waals surface area contributed by atoms with E-state index in [1.54, 1.807) is 4.90 Å². The second-order valence-electron chi connectivity index (χ2n) is 16.1. The number of hydrogen-bond acceptors (Lipinski definition) is 7. The van der Waals surface area contributed by atoms with Crippen LogP contribution in [0.25, 0.3) is 0 Å². The van der Waals surface area contributed by atoms with Crippen molar-refractivity contribution in [3.63, 3.8) is 0 Å². The lowest BCUT2D eigenvalue weighted by Crippen LogP contribution is -2.62. The SMILES string of the molecule is CCCCC(NC(=O)[C@@H]1[C@@H]2[C@H](CN1C(=O)[C@@H](NC(=O)N[C@H](CN1CCCCS1(=O)=O)C(C)(C)C)C1CCCCC1)C2(C)C)C(=O)C(N)=O. The van der Waals surface area contributed by atoms with Gasteiger partial charge in [0.25, 0.3) is 5.91 Å². The van der Waals surface area contributed by atoms with E-state index in [1.807, 2.05) is 27.7 Å². The molecule has 0 spiro atoms. The summed E-state index contributed by atoms with van der Waals surface area (Å²) in [5.41, 5.74) is 4.64. The van der Waals surface area contributed by atoms with Crippen LogP contribution in [0.1, 0.15) is 106 Å². The molecule has 0 radical (unpaired) electrons. The maximum absolute atomic E-state index is 14.5. The zero-order chi connectivity index (χ0) is 35.6. The fraction of sp³-hybridized carbons (Fsp3) is 0.853. The first-order valence-corrected chi connectivity index (χ1v) is 19.5. The highest BCUT2D eigenvalue weighted by Gasteiger charge is 2.69. The van der Waals surface area contributed by atoms with Crippen molar-refractivity contribution in [3.8, 4) is 0 Å². The van der Waals surface area contributed by atoms with Gasteiger partial charge in [0, 0.05) is 25.7 Å². The zero-order valence-electron chi connectivity index (χ0n) is 29.7. The number of nitrogens with zero attached hydrogens (tertiary/aromatic N) is 2. The lowest BCUT2D eigenvalue weighted by molar-refractivity contribution is -0.144. The summed E-state index contributed by atoms with van der Waals surface area (Å²) in [6.45, 7) is 12.8. The van der Waals surface area contributed by atoms with E-state index in [0.717, 1.165) is 44.9 Å². The number of amides is 5. The van der Waals surface area contributed by atoms with Gasteiger partial charge in [-0.15, -0.1) is 0 Å². The molecular formula is C34H58N6O7S. The predicted molar refractivity (Wildman–Crippen MR) is 182 cm³/mol. The Morgan fingerprint density at radius 3 is 2.21 bits per heavy atom. The highest BCUT2D eigenvalue weighted by Crippen LogP contribution is 2.65. The molecule has 14 heteroatoms. The van der Waals surface area contributed by atoms with Crippen LogP contribution in [-0.2, 0) is 29.2 Å². The van der Waals surface area contributed by atoms with Crippen LogP contribution in [0.5, 0.6) is 0 Å². The van der Waals surface area contributed by atoms with Crippen LogP contribution in [0.15, 0.2) is 0 Å². The van der Waals surface area contributed by atoms with Crippen molar-refractivity contribution in [2.45, 2.75) is 130 Å². The van der Waals surface area contributed by atoms with Gasteiger partial charge in [-0.2, -0.15) is 4.31 Å². The van der Waals surface area contributed by atoms with Crippen molar-refractivity contribution < 1.29 is 32.4 Å². The third kappa shape index (κ3) is 8.51. The van der Waals surface area contributed by atoms with Crippen LogP contribution in [-0.4, -0.2) is 96.7 Å². The topological polar surface area (TPSA) is 188 Å². The van der Waals surface area contributed by atoms with Crippen LogP contribution >= 0.6 is 0 Å². The number of nitrogens with one attached hydrogen (secondary N) is 3. The third-order valence-electron chi connectivity index (χ3n) is 11.3. The van der Waals surface area contributed by atoms with E-state index < -0.39 is 63.2 Å². The highest BCUT2D eigenvalue weighted by molar-refractivity contribution is 7.89. The van der Waals surface area contributed by atoms with E-state index in [2.05, 4.69) is 29.8 Å². The molecule has 13 nitrogen and oxygen atoms in total. The first kappa shape index (κ1) is 38.1. The Labute approximate surface area is 286 Å². The van der Waals surface area contributed by atoms with Crippen LogP contribution in [0.3, 0.4) is 0 Å². The molecule has 2 aliphatic heterocycles. The molecule has 2 heterocycles. The van der Waals surface area contributed by atoms with Crippen molar-refractivity contribution in [2.75, 3.05) is 25.4 Å². The summed E-state index contributed by atoms with van der Waals surface area (Å²) in [5, 5.41) is 8.75. The standard InChI is InChI=1S/C34H58N6O7S/c1-7-8-16-23(28(41)29(35)42)36-30(43)27-25-22(34(25,5)6)19-40(27)31(44)26(21-14-10-9-11-15-21)38-32(45)37-24(33(2,3)4)20-39-17-12-13-18-48(39,46)47/h21-27H,7-20H2,1-6H3,(H2,35,42)(H,36,43)(H2,37,38,45)/t22-,23?,24+,25-,26-,27-/m0/s1. The number of ketones is 1. The predicted octanol–water partition coefficient (Wildman–Crippen LogP) is 2.29. The van der Waals surface area contributed by atoms with Crippen LogP contribution < -0.4 is 21.7 Å². The number of carbonyl (C=O) groups excluding carboxylic acids is 5. The van der Waals surface area contributed by atoms with Crippen LogP contribution in [0.4, 0.5) is 4.79 Å². The average Bonchev–Trinajstić information content (AvgIpc) is 3.32. The molecule has 5 N–H and O–H groups in total. The number of Topliss-reactive ketones (excluding diaryl/α,β-unsaturated/α-hetero) is 1. The lowest BCUT2D eigenvalue weighted by Gasteiger charge is -2.39. The minimum Gasteiger partial charge on any atom is -0.363 e. The highest BCUT2D eigenvalue weighted by atomic mass is 32.2. The smallest absolute Gasteiger partial charge is 0.315 e. The van der Waals surface area contributed by atoms with Crippen molar-refractivity contribution in [1.82, 2.24) is 25.2 Å². The summed E-state index contributed by atoms with van der Waals surface area (Å²) in [6, 6.07) is -3.88. The Bertz CT molecular complexity index is 1340. The van der Waals surface area contributed by atoms with E-state index >= 15 is 0 Å². The molecule has 4 rings (SSSR count). The molecule has 272 valence electrons. The van der Waals surface area contributed by atoms with Gasteiger partial charge in [-0.3, -0.25) is 19.2 Å². The molecule has 48 heavy (non-hydrogen) atoms. The molecule has 5 amide bonds. The molecule has 1 unspecified atom stereocenters. The maximum atomic E-state index is 14.5. The Morgan fingerprint density at radius 2 is 1.62 bits per heavy atom. The summed E-state index contributed by atoms with van der Waals surface area (Å²) in [5.74, 6) is -2.88. The largest absolute Gasteiger partial charge is 0.363 e. The average molecular weight is 695 g/mol. The summed E-state index contributed by atoms with van der Waals surface area (Å²) in [6.07, 6.45) is 7.40. The minimum atomic E-state index is -3.41. The first-order valence-electron chi connectivity index (χ1n) is 17.9. The van der Waals surface area contributed by atoms with Gasteiger partial charge >= 0.3 is 6.03 Å². The van der Waals surface area contributed by atoms with E-state index in [9.17, 15) is 32.4 Å². The number of primary amides is 1. The van der Waals surface area contributed by atoms with E-state index in [1.165, 1.54) is 4.31 Å². The minimum absolute atomic E-state index is 0.0794. The number of rotatable bonds is 13. The number of carbonyl (C=O) groups is 5. The first-order chi connectivity index (χ1) is 22.4. The van der Waals surface area contributed by atoms with Gasteiger partial charge in [0.1, 0.15) is 12.1 Å². The zero-order valence-corrected chi connectivity index (χ0v) is 30.5. The maximum Gasteiger partial charge on any atom is 0.315 e. The quantitative estimate of drug-likeness (QED) is 0.213. The second-order valence-corrected chi connectivity index (χ2v) is 18.2. The summed E-state index contributed by atoms with van der Waals surface area (Å²) in [4.78, 5) is 68.2. The fourth-order valence-electron chi connectivity index (χ4n) is 8.07. The number of nitrogens with two attached hydrogens (primary N) is 1. The number of fused-ring (bicyclic) bond motifs is 1. The normalized spacial score (nSPS) is 27.2. The van der Waals surface area contributed by atoms with Gasteiger partial charge in [0.15, 0.2) is 0 Å². The molecule has 2 saturated carbocycles. The molecule has 6 atom stereocenters. The number of piperidine rings is 1. The molecule has 0 bridgehead atoms. The number of likely N-dealkylation sites (tertiary alicyclic amines) is 1. The second kappa shape index (κ2) is 15.0. The Balaban J connectivity index is 1.56. The third-order valence-corrected chi connectivity index (χ3v) is 13.3. The number of sulfonamides is 1. The summed E-state index contributed by atoms with van der Waals surface area (Å²) in [7, 11) is -3.41. The van der Waals surface area contributed by atoms with Crippen LogP contribution in [0.2, 0.25) is 0 Å². The number of unbranched alkanes of at least 4 members (excludes halogenated alkanes) is 1. The van der Waals surface area contributed by atoms with Gasteiger partial charge in [0.2, 0.25) is 27.6 Å². The fourth-order valence-corrected chi connectivity index (χ4v) is 9.68. The van der Waals surface area contributed by atoms with Gasteiger partial charge in [-0.25, -0.2) is 13.2 Å². The molecule has 0 aromatic heterocycles. The van der Waals surface area contributed by atoms with E-state index in [-0.39, 0.29) is 47.8 Å². The Hall–Kier alpha value is -2.74. The number of hydrogen-bond donors (Lipinski definition) is 4. The lowest BCUT2D eigenvalue weighted by atomic mass is 9.83. The van der Waals surface area contributed by atoms with Crippen molar-refractivity contribution in [1.29, 1.82) is 0 Å². The molecule has 0 aromatic rings. The molecule has 4 fully saturated rings. The molecule has 0 aromatic carbocycles. The van der Waals surface area contributed by atoms with Gasteiger partial charge in [-0.05, 0) is 60.7 Å². The van der Waals surface area contributed by atoms with Gasteiger partial charge in [0.05, 0.1) is 11.8 Å². The summed E-state index contributed by atoms with van der Waals surface area (Å²) >= 11 is 0. The van der Waals surface area contributed by atoms with Crippen LogP contribution in [0, 0.1) is 28.6 Å². The monoisotopic (exact) mass is 694 g/mol. The molecule has 2 saturated heterocycles. The van der Waals surface area contributed by atoms with Crippen molar-refractivity contribution in [2.24, 2.45) is 34.3 Å². The van der Waals surface area contributed by atoms with Gasteiger partial charge < -0.3 is 26.6 Å². The Morgan fingerprint density at radius 1 is 0.958 bits per heavy atom. The summed E-state index contributed by atoms with van der Waals surface area (Å²) < 4.78 is 27.0. The number of urea groups is 1. The Kier molecular flexibility index (Phi) is 11.9. The molecular weight excluding hydrogens is 636 g/mol. The van der Waals surface area contributed by atoms with Crippen molar-refractivity contribution in [3.05, 3.63) is 0 Å². The van der Waals surface area contributed by atoms with Crippen molar-refractivity contribution >= 4 is 39.6 Å². The van der Waals surface area contributed by atoms with E-state index in [4.69, 9.17) is 5.73 Å². The van der Waals surface area contributed by atoms with Gasteiger partial charge in [-0.1, -0.05) is 73.6 Å². The van der Waals surface area contributed by atoms with E-state index in [0.29, 0.717) is 25.9 Å².